The van der Waals surface area contributed by atoms with Gasteiger partial charge in [0, 0.05) is 12.7 Å². The predicted molar refractivity (Wildman–Crippen MR) is 93.5 cm³/mol. The van der Waals surface area contributed by atoms with Crippen LogP contribution in [0.5, 0.6) is 0 Å². The van der Waals surface area contributed by atoms with Crippen LogP contribution in [0.25, 0.3) is 27.4 Å². The van der Waals surface area contributed by atoms with Gasteiger partial charge in [0.25, 0.3) is 0 Å². The molecule has 4 aromatic rings. The molecule has 0 aliphatic carbocycles. The maximum Gasteiger partial charge on any atom is 0.348 e. The Kier molecular flexibility index (Phi) is 3.42. The van der Waals surface area contributed by atoms with Crippen LogP contribution in [0.1, 0.15) is 22.2 Å². The van der Waals surface area contributed by atoms with E-state index < -0.39 is 0 Å². The number of ether oxygens (including phenoxy) is 1. The summed E-state index contributed by atoms with van der Waals surface area (Å²) in [6.07, 6.45) is 3.32. The van der Waals surface area contributed by atoms with Crippen molar-refractivity contribution in [1.29, 1.82) is 0 Å². The molecule has 0 unspecified atom stereocenters. The van der Waals surface area contributed by atoms with Gasteiger partial charge in [-0.05, 0) is 19.4 Å². The topological polar surface area (TPSA) is 113 Å². The summed E-state index contributed by atoms with van der Waals surface area (Å²) in [5, 5.41) is 9.61. The van der Waals surface area contributed by atoms with Crippen molar-refractivity contribution in [3.05, 3.63) is 23.0 Å². The lowest BCUT2D eigenvalue weighted by atomic mass is 10.2. The lowest BCUT2D eigenvalue weighted by Gasteiger charge is -1.96. The van der Waals surface area contributed by atoms with Gasteiger partial charge in [-0.15, -0.1) is 16.4 Å². The van der Waals surface area contributed by atoms with E-state index in [0.29, 0.717) is 39.1 Å². The number of fused-ring (bicyclic) bond motifs is 3. The van der Waals surface area contributed by atoms with Crippen LogP contribution in [0.3, 0.4) is 0 Å². The number of hydrogen-bond acceptors (Lipinski definition) is 8. The number of carbonyl (C=O) groups is 1. The molecule has 10 heteroatoms. The summed E-state index contributed by atoms with van der Waals surface area (Å²) in [6, 6.07) is 0. The second-order valence-electron chi connectivity index (χ2n) is 5.46. The first-order chi connectivity index (χ1) is 12.0. The van der Waals surface area contributed by atoms with Gasteiger partial charge in [0.15, 0.2) is 11.3 Å². The zero-order valence-electron chi connectivity index (χ0n) is 13.8. The third kappa shape index (κ3) is 2.25. The van der Waals surface area contributed by atoms with Crippen molar-refractivity contribution in [2.75, 3.05) is 12.8 Å². The number of nitrogens with zero attached hydrogens (tertiary/aromatic N) is 6. The van der Waals surface area contributed by atoms with Crippen molar-refractivity contribution in [2.24, 2.45) is 0 Å². The minimum absolute atomic E-state index is 0.385. The lowest BCUT2D eigenvalue weighted by Crippen LogP contribution is -1.99. The minimum Gasteiger partial charge on any atom is -0.465 e. The number of aromatic nitrogens is 6. The fourth-order valence-corrected chi connectivity index (χ4v) is 3.76. The van der Waals surface area contributed by atoms with E-state index in [1.165, 1.54) is 18.4 Å². The van der Waals surface area contributed by atoms with Crippen LogP contribution in [-0.4, -0.2) is 42.4 Å². The first kappa shape index (κ1) is 15.5. The molecule has 0 bridgehead atoms. The molecule has 9 nitrogen and oxygen atoms in total. The summed E-state index contributed by atoms with van der Waals surface area (Å²) >= 11 is 1.28. The number of aryl methyl sites for hydroxylation is 2. The van der Waals surface area contributed by atoms with Gasteiger partial charge in [-0.25, -0.2) is 19.3 Å². The number of methoxy groups -OCH3 is 1. The molecule has 0 spiro atoms. The monoisotopic (exact) mass is 357 g/mol. The third-order valence-electron chi connectivity index (χ3n) is 3.96. The molecule has 0 radical (unpaired) electrons. The van der Waals surface area contributed by atoms with E-state index in [4.69, 9.17) is 10.5 Å². The van der Waals surface area contributed by atoms with Gasteiger partial charge in [0.2, 0.25) is 5.82 Å². The van der Waals surface area contributed by atoms with E-state index in [-0.39, 0.29) is 5.97 Å². The highest BCUT2D eigenvalue weighted by Gasteiger charge is 2.22. The standard InChI is InChI=1S/C15H15N7O2S/c1-4-21-5-8(16)10(19-21)12-18-13-9-7(2)11(15(23)24-3)25-14(9)17-6-22(13)20-12/h5-6H,4,16H2,1-3H3. The number of esters is 1. The molecule has 4 rings (SSSR count). The van der Waals surface area contributed by atoms with Gasteiger partial charge in [-0.1, -0.05) is 0 Å². The third-order valence-corrected chi connectivity index (χ3v) is 5.14. The van der Waals surface area contributed by atoms with Crippen LogP contribution >= 0.6 is 11.3 Å². The maximum atomic E-state index is 11.9. The Morgan fingerprint density at radius 2 is 2.20 bits per heavy atom. The van der Waals surface area contributed by atoms with E-state index in [0.717, 1.165) is 10.9 Å². The molecule has 0 aliphatic heterocycles. The van der Waals surface area contributed by atoms with Crippen molar-refractivity contribution in [3.63, 3.8) is 0 Å². The number of thiophene rings is 1. The second-order valence-corrected chi connectivity index (χ2v) is 6.46. The van der Waals surface area contributed by atoms with Gasteiger partial charge in [0.1, 0.15) is 16.0 Å². The van der Waals surface area contributed by atoms with Crippen molar-refractivity contribution in [2.45, 2.75) is 20.4 Å². The summed E-state index contributed by atoms with van der Waals surface area (Å²) < 4.78 is 8.14. The van der Waals surface area contributed by atoms with E-state index in [1.807, 2.05) is 13.8 Å². The molecule has 0 fully saturated rings. The molecule has 4 heterocycles. The molecule has 0 aromatic carbocycles. The number of hydrogen-bond donors (Lipinski definition) is 1. The van der Waals surface area contributed by atoms with Crippen LogP contribution in [0.4, 0.5) is 5.69 Å². The maximum absolute atomic E-state index is 11.9. The zero-order valence-corrected chi connectivity index (χ0v) is 14.7. The zero-order chi connectivity index (χ0) is 17.7. The SMILES string of the molecule is CCn1cc(N)c(-c2nc3c4c(C)c(C(=O)OC)sc4ncn3n2)n1. The molecule has 0 aliphatic rings. The van der Waals surface area contributed by atoms with E-state index in [2.05, 4.69) is 20.2 Å². The van der Waals surface area contributed by atoms with Gasteiger partial charge in [0.05, 0.1) is 18.2 Å². The van der Waals surface area contributed by atoms with Crippen molar-refractivity contribution in [3.8, 4) is 11.5 Å². The van der Waals surface area contributed by atoms with Crippen molar-refractivity contribution in [1.82, 2.24) is 29.4 Å². The molecule has 0 amide bonds. The highest BCUT2D eigenvalue weighted by molar-refractivity contribution is 7.20. The molecule has 4 aromatic heterocycles. The van der Waals surface area contributed by atoms with Gasteiger partial charge < -0.3 is 10.5 Å². The van der Waals surface area contributed by atoms with E-state index in [9.17, 15) is 4.79 Å². The van der Waals surface area contributed by atoms with Crippen LogP contribution < -0.4 is 5.73 Å². The summed E-state index contributed by atoms with van der Waals surface area (Å²) in [5.74, 6) is 0.0357. The summed E-state index contributed by atoms with van der Waals surface area (Å²) in [4.78, 5) is 22.1. The average Bonchev–Trinajstić information content (AvgIpc) is 3.28. The molecule has 0 atom stereocenters. The number of nitrogen functional groups attached to an aromatic ring is 1. The Hall–Kier alpha value is -3.01. The Labute approximate surface area is 146 Å². The van der Waals surface area contributed by atoms with Crippen LogP contribution in [0.2, 0.25) is 0 Å². The minimum atomic E-state index is -0.385. The highest BCUT2D eigenvalue weighted by atomic mass is 32.1. The smallest absolute Gasteiger partial charge is 0.348 e. The van der Waals surface area contributed by atoms with E-state index in [1.54, 1.807) is 21.7 Å². The Morgan fingerprint density at radius 3 is 2.88 bits per heavy atom. The largest absolute Gasteiger partial charge is 0.465 e. The fourth-order valence-electron chi connectivity index (χ4n) is 2.69. The molecule has 128 valence electrons. The second kappa shape index (κ2) is 5.52. The Bertz CT molecular complexity index is 1120. The highest BCUT2D eigenvalue weighted by Crippen LogP contribution is 2.33. The van der Waals surface area contributed by atoms with Crippen LogP contribution in [-0.2, 0) is 11.3 Å². The fraction of sp³-hybridized carbons (Fsp3) is 0.267. The Morgan fingerprint density at radius 1 is 1.40 bits per heavy atom. The Balaban J connectivity index is 1.96. The quantitative estimate of drug-likeness (QED) is 0.557. The van der Waals surface area contributed by atoms with E-state index >= 15 is 0 Å². The first-order valence-electron chi connectivity index (χ1n) is 7.59. The molecular weight excluding hydrogens is 342 g/mol. The summed E-state index contributed by atoms with van der Waals surface area (Å²) in [6.45, 7) is 4.53. The van der Waals surface area contributed by atoms with Crippen molar-refractivity contribution >= 4 is 38.9 Å². The normalized spacial score (nSPS) is 11.5. The number of nitrogens with two attached hydrogens (primary N) is 1. The van der Waals surface area contributed by atoms with Gasteiger partial charge >= 0.3 is 5.97 Å². The number of carbonyl (C=O) groups excluding carboxylic acids is 1. The molecule has 2 N–H and O–H groups in total. The summed E-state index contributed by atoms with van der Waals surface area (Å²) in [5.41, 5.74) is 8.45. The van der Waals surface area contributed by atoms with Crippen molar-refractivity contribution < 1.29 is 9.53 Å². The molecule has 25 heavy (non-hydrogen) atoms. The van der Waals surface area contributed by atoms with Crippen LogP contribution in [0, 0.1) is 6.92 Å². The predicted octanol–water partition coefficient (Wildman–Crippen LogP) is 1.90. The van der Waals surface area contributed by atoms with Gasteiger partial charge in [-0.2, -0.15) is 5.10 Å². The molecule has 0 saturated carbocycles. The molecule has 0 saturated heterocycles. The lowest BCUT2D eigenvalue weighted by molar-refractivity contribution is 0.0605. The van der Waals surface area contributed by atoms with Crippen LogP contribution in [0.15, 0.2) is 12.5 Å². The molecular formula is C15H15N7O2S. The average molecular weight is 357 g/mol. The number of rotatable bonds is 3. The summed E-state index contributed by atoms with van der Waals surface area (Å²) in [7, 11) is 1.36. The van der Waals surface area contributed by atoms with Gasteiger partial charge in [-0.3, -0.25) is 4.68 Å². The number of anilines is 1. The first-order valence-corrected chi connectivity index (χ1v) is 8.41.